The standard InChI is InChI=1S/C21H22N6O3S/c1-4-30-17-12-8-7-11-16(17)27-20(23-24-25-27)31-13-18(28)26-15-10-6-5-9-14(15)22-19(29)21(26,2)3/h5-12H,4,13H2,1-3H3,(H,22,29). The van der Waals surface area contributed by atoms with E-state index in [9.17, 15) is 9.59 Å². The minimum atomic E-state index is -1.03. The van der Waals surface area contributed by atoms with Gasteiger partial charge in [-0.25, -0.2) is 0 Å². The average molecular weight is 439 g/mol. The molecule has 4 rings (SSSR count). The Morgan fingerprint density at radius 1 is 1.13 bits per heavy atom. The molecule has 0 fully saturated rings. The molecular formula is C21H22N6O3S. The molecule has 3 aromatic rings. The smallest absolute Gasteiger partial charge is 0.250 e. The molecule has 0 spiro atoms. The summed E-state index contributed by atoms with van der Waals surface area (Å²) < 4.78 is 7.22. The Bertz CT molecular complexity index is 1130. The number of ether oxygens (including phenoxy) is 1. The van der Waals surface area contributed by atoms with Crippen molar-refractivity contribution in [1.82, 2.24) is 20.2 Å². The highest BCUT2D eigenvalue weighted by Crippen LogP contribution is 2.37. The van der Waals surface area contributed by atoms with Crippen LogP contribution in [0, 0.1) is 0 Å². The van der Waals surface area contributed by atoms with Gasteiger partial charge in [-0.05, 0) is 55.5 Å². The highest BCUT2D eigenvalue weighted by atomic mass is 32.2. The van der Waals surface area contributed by atoms with Crippen molar-refractivity contribution in [2.45, 2.75) is 31.5 Å². The van der Waals surface area contributed by atoms with Crippen molar-refractivity contribution < 1.29 is 14.3 Å². The molecule has 31 heavy (non-hydrogen) atoms. The summed E-state index contributed by atoms with van der Waals surface area (Å²) in [5.41, 5.74) is 0.936. The summed E-state index contributed by atoms with van der Waals surface area (Å²) in [5, 5.41) is 15.2. The SMILES string of the molecule is CCOc1ccccc1-n1nnnc1SCC(=O)N1c2ccccc2NC(=O)C1(C)C. The van der Waals surface area contributed by atoms with E-state index in [2.05, 4.69) is 20.8 Å². The molecular weight excluding hydrogens is 416 g/mol. The highest BCUT2D eigenvalue weighted by molar-refractivity contribution is 7.99. The lowest BCUT2D eigenvalue weighted by atomic mass is 9.96. The molecule has 0 saturated heterocycles. The fourth-order valence-electron chi connectivity index (χ4n) is 3.42. The van der Waals surface area contributed by atoms with Gasteiger partial charge in [0.1, 0.15) is 17.0 Å². The predicted octanol–water partition coefficient (Wildman–Crippen LogP) is 2.92. The van der Waals surface area contributed by atoms with Crippen molar-refractivity contribution in [3.8, 4) is 11.4 Å². The third kappa shape index (κ3) is 3.86. The van der Waals surface area contributed by atoms with Crippen LogP contribution in [0.15, 0.2) is 53.7 Å². The quantitative estimate of drug-likeness (QED) is 0.590. The van der Waals surface area contributed by atoms with E-state index in [0.29, 0.717) is 34.6 Å². The van der Waals surface area contributed by atoms with Crippen LogP contribution in [0.3, 0.4) is 0 Å². The van der Waals surface area contributed by atoms with Gasteiger partial charge in [0, 0.05) is 0 Å². The number of carbonyl (C=O) groups is 2. The fraction of sp³-hybridized carbons (Fsp3) is 0.286. The van der Waals surface area contributed by atoms with Crippen LogP contribution in [0.4, 0.5) is 11.4 Å². The van der Waals surface area contributed by atoms with Crippen molar-refractivity contribution in [3.05, 3.63) is 48.5 Å². The van der Waals surface area contributed by atoms with Crippen molar-refractivity contribution in [3.63, 3.8) is 0 Å². The number of anilines is 2. The Hall–Kier alpha value is -3.40. The Morgan fingerprint density at radius 3 is 2.61 bits per heavy atom. The summed E-state index contributed by atoms with van der Waals surface area (Å²) in [5.74, 6) is 0.251. The third-order valence-electron chi connectivity index (χ3n) is 4.92. The Labute approximate surface area is 183 Å². The first-order chi connectivity index (χ1) is 14.9. The average Bonchev–Trinajstić information content (AvgIpc) is 3.22. The Kier molecular flexibility index (Phi) is 5.64. The first-order valence-corrected chi connectivity index (χ1v) is 10.8. The minimum Gasteiger partial charge on any atom is -0.492 e. The first kappa shape index (κ1) is 20.9. The predicted molar refractivity (Wildman–Crippen MR) is 118 cm³/mol. The zero-order valence-electron chi connectivity index (χ0n) is 17.4. The minimum absolute atomic E-state index is 0.0578. The van der Waals surface area contributed by atoms with Gasteiger partial charge in [-0.1, -0.05) is 36.0 Å². The van der Waals surface area contributed by atoms with Crippen LogP contribution in [-0.4, -0.2) is 49.9 Å². The maximum Gasteiger partial charge on any atom is 0.250 e. The van der Waals surface area contributed by atoms with E-state index in [1.165, 1.54) is 16.7 Å². The maximum atomic E-state index is 13.3. The number of benzene rings is 2. The summed E-state index contributed by atoms with van der Waals surface area (Å²) in [7, 11) is 0. The molecule has 0 saturated carbocycles. The van der Waals surface area contributed by atoms with Crippen molar-refractivity contribution in [2.75, 3.05) is 22.6 Å². The Balaban J connectivity index is 1.59. The van der Waals surface area contributed by atoms with Crippen molar-refractivity contribution in [1.29, 1.82) is 0 Å². The first-order valence-electron chi connectivity index (χ1n) is 9.80. The number of nitrogens with one attached hydrogen (secondary N) is 1. The summed E-state index contributed by atoms with van der Waals surface area (Å²) >= 11 is 1.20. The summed E-state index contributed by atoms with van der Waals surface area (Å²) in [6.45, 7) is 5.86. The van der Waals surface area contributed by atoms with Gasteiger partial charge >= 0.3 is 0 Å². The lowest BCUT2D eigenvalue weighted by Crippen LogP contribution is -2.59. The van der Waals surface area contributed by atoms with Crippen LogP contribution in [0.25, 0.3) is 5.69 Å². The largest absolute Gasteiger partial charge is 0.492 e. The van der Waals surface area contributed by atoms with Gasteiger partial charge in [-0.15, -0.1) is 5.10 Å². The van der Waals surface area contributed by atoms with Crippen LogP contribution in [0.5, 0.6) is 5.75 Å². The van der Waals surface area contributed by atoms with Crippen LogP contribution in [0.1, 0.15) is 20.8 Å². The van der Waals surface area contributed by atoms with Gasteiger partial charge in [-0.2, -0.15) is 4.68 Å². The Morgan fingerprint density at radius 2 is 1.84 bits per heavy atom. The second-order valence-electron chi connectivity index (χ2n) is 7.32. The topological polar surface area (TPSA) is 102 Å². The number of carbonyl (C=O) groups excluding carboxylic acids is 2. The van der Waals surface area contributed by atoms with Crippen molar-refractivity contribution >= 4 is 35.0 Å². The molecule has 0 radical (unpaired) electrons. The van der Waals surface area contributed by atoms with E-state index in [1.807, 2.05) is 49.4 Å². The van der Waals surface area contributed by atoms with E-state index in [1.54, 1.807) is 24.6 Å². The molecule has 1 N–H and O–H groups in total. The fourth-order valence-corrected chi connectivity index (χ4v) is 4.15. The number of amides is 2. The van der Waals surface area contributed by atoms with Gasteiger partial charge in [0.05, 0.1) is 23.7 Å². The highest BCUT2D eigenvalue weighted by Gasteiger charge is 2.43. The molecule has 2 aromatic carbocycles. The third-order valence-corrected chi connectivity index (χ3v) is 5.82. The molecule has 0 aliphatic carbocycles. The maximum absolute atomic E-state index is 13.3. The van der Waals surface area contributed by atoms with E-state index < -0.39 is 5.54 Å². The zero-order valence-corrected chi connectivity index (χ0v) is 18.2. The molecule has 1 aliphatic rings. The number of rotatable bonds is 6. The van der Waals surface area contributed by atoms with E-state index in [4.69, 9.17) is 4.74 Å². The molecule has 0 atom stereocenters. The monoisotopic (exact) mass is 438 g/mol. The molecule has 160 valence electrons. The zero-order chi connectivity index (χ0) is 22.0. The van der Waals surface area contributed by atoms with E-state index >= 15 is 0 Å². The number of fused-ring (bicyclic) bond motifs is 1. The number of aromatic nitrogens is 4. The number of tetrazole rings is 1. The molecule has 0 unspecified atom stereocenters. The van der Waals surface area contributed by atoms with Gasteiger partial charge < -0.3 is 10.1 Å². The molecule has 9 nitrogen and oxygen atoms in total. The summed E-state index contributed by atoms with van der Waals surface area (Å²) in [4.78, 5) is 27.4. The van der Waals surface area contributed by atoms with Gasteiger partial charge in [0.2, 0.25) is 17.0 Å². The van der Waals surface area contributed by atoms with Gasteiger partial charge in [0.15, 0.2) is 0 Å². The van der Waals surface area contributed by atoms with E-state index in [-0.39, 0.29) is 17.6 Å². The van der Waals surface area contributed by atoms with Crippen molar-refractivity contribution in [2.24, 2.45) is 0 Å². The molecule has 2 amide bonds. The molecule has 1 aromatic heterocycles. The van der Waals surface area contributed by atoms with Crippen LogP contribution in [-0.2, 0) is 9.59 Å². The number of thioether (sulfide) groups is 1. The second kappa shape index (κ2) is 8.38. The summed E-state index contributed by atoms with van der Waals surface area (Å²) in [6.07, 6.45) is 0. The molecule has 1 aliphatic heterocycles. The van der Waals surface area contributed by atoms with Crippen LogP contribution < -0.4 is 15.0 Å². The number of hydrogen-bond acceptors (Lipinski definition) is 7. The van der Waals surface area contributed by atoms with E-state index in [0.717, 1.165) is 0 Å². The lowest BCUT2D eigenvalue weighted by Gasteiger charge is -2.42. The lowest BCUT2D eigenvalue weighted by molar-refractivity contribution is -0.125. The molecule has 0 bridgehead atoms. The molecule has 10 heteroatoms. The van der Waals surface area contributed by atoms with Gasteiger partial charge in [-0.3, -0.25) is 14.5 Å². The molecule has 2 heterocycles. The van der Waals surface area contributed by atoms with Crippen LogP contribution >= 0.6 is 11.8 Å². The second-order valence-corrected chi connectivity index (χ2v) is 8.26. The summed E-state index contributed by atoms with van der Waals surface area (Å²) in [6, 6.07) is 14.7. The normalized spacial score (nSPS) is 14.7. The number of hydrogen-bond donors (Lipinski definition) is 1. The van der Waals surface area contributed by atoms with Gasteiger partial charge in [0.25, 0.3) is 0 Å². The number of nitrogens with zero attached hydrogens (tertiary/aromatic N) is 5. The van der Waals surface area contributed by atoms with Crippen LogP contribution in [0.2, 0.25) is 0 Å². The number of para-hydroxylation sites is 4.